The molecule has 1 aliphatic rings. The summed E-state index contributed by atoms with van der Waals surface area (Å²) in [5.74, 6) is -0.248. The highest BCUT2D eigenvalue weighted by molar-refractivity contribution is 5.96. The monoisotopic (exact) mass is 319 g/mol. The maximum Gasteiger partial charge on any atom is 0.328 e. The number of carboxylic acid groups (broad SMARTS) is 1. The van der Waals surface area contributed by atoms with Crippen LogP contribution in [0, 0.1) is 5.92 Å². The smallest absolute Gasteiger partial charge is 0.328 e. The minimum Gasteiger partial charge on any atom is -0.493 e. The number of benzene rings is 1. The lowest BCUT2D eigenvalue weighted by Gasteiger charge is -2.14. The summed E-state index contributed by atoms with van der Waals surface area (Å²) in [5.41, 5.74) is 0.374. The van der Waals surface area contributed by atoms with Gasteiger partial charge >= 0.3 is 5.97 Å². The lowest BCUT2D eigenvalue weighted by atomic mass is 10.2. The first-order chi connectivity index (χ1) is 11.1. The van der Waals surface area contributed by atoms with E-state index >= 15 is 0 Å². The third kappa shape index (κ3) is 5.75. The summed E-state index contributed by atoms with van der Waals surface area (Å²) in [6, 6.07) is 5.54. The Kier molecular flexibility index (Phi) is 6.17. The Balaban J connectivity index is 1.86. The van der Waals surface area contributed by atoms with Gasteiger partial charge in [-0.3, -0.25) is 4.79 Å². The van der Waals surface area contributed by atoms with Crippen LogP contribution >= 0.6 is 0 Å². The number of hydrogen-bond donors (Lipinski definition) is 2. The van der Waals surface area contributed by atoms with Crippen LogP contribution in [0.5, 0.6) is 5.75 Å². The van der Waals surface area contributed by atoms with E-state index in [4.69, 9.17) is 14.6 Å². The van der Waals surface area contributed by atoms with Gasteiger partial charge in [0.2, 0.25) is 0 Å². The molecular weight excluding hydrogens is 298 g/mol. The van der Waals surface area contributed by atoms with Crippen molar-refractivity contribution in [3.8, 4) is 5.75 Å². The van der Waals surface area contributed by atoms with Crippen LogP contribution in [0.15, 0.2) is 36.9 Å². The van der Waals surface area contributed by atoms with E-state index < -0.39 is 17.9 Å². The van der Waals surface area contributed by atoms with Crippen LogP contribution in [-0.4, -0.2) is 42.8 Å². The highest BCUT2D eigenvalue weighted by Crippen LogP contribution is 2.29. The Hall–Kier alpha value is -2.34. The van der Waals surface area contributed by atoms with Crippen molar-refractivity contribution in [1.82, 2.24) is 5.32 Å². The van der Waals surface area contributed by atoms with E-state index in [1.54, 1.807) is 24.3 Å². The molecule has 1 saturated carbocycles. The fourth-order valence-corrected chi connectivity index (χ4v) is 1.89. The fourth-order valence-electron chi connectivity index (χ4n) is 1.89. The molecule has 0 aliphatic heterocycles. The summed E-state index contributed by atoms with van der Waals surface area (Å²) in [4.78, 5) is 23.2. The van der Waals surface area contributed by atoms with Crippen LogP contribution in [0.2, 0.25) is 0 Å². The number of carbonyl (C=O) groups is 2. The maximum absolute atomic E-state index is 12.1. The molecule has 1 aromatic rings. The topological polar surface area (TPSA) is 84.9 Å². The molecule has 6 heteroatoms. The van der Waals surface area contributed by atoms with Gasteiger partial charge in [0.25, 0.3) is 5.91 Å². The molecule has 1 fully saturated rings. The zero-order valence-electron chi connectivity index (χ0n) is 12.9. The van der Waals surface area contributed by atoms with E-state index in [0.717, 1.165) is 0 Å². The molecule has 1 aromatic carbocycles. The first-order valence-corrected chi connectivity index (χ1v) is 7.55. The average Bonchev–Trinajstić information content (AvgIpc) is 3.36. The van der Waals surface area contributed by atoms with Gasteiger partial charge in [-0.25, -0.2) is 4.79 Å². The van der Waals surface area contributed by atoms with Gasteiger partial charge in [-0.1, -0.05) is 6.08 Å². The quantitative estimate of drug-likeness (QED) is 0.508. The first kappa shape index (κ1) is 17.0. The van der Waals surface area contributed by atoms with E-state index in [9.17, 15) is 9.59 Å². The first-order valence-electron chi connectivity index (χ1n) is 7.55. The number of nitrogens with one attached hydrogen (secondary N) is 1. The summed E-state index contributed by atoms with van der Waals surface area (Å²) in [7, 11) is 0. The molecule has 0 radical (unpaired) electrons. The Bertz CT molecular complexity index is 551. The molecule has 1 amide bonds. The van der Waals surface area contributed by atoms with Crippen LogP contribution < -0.4 is 10.1 Å². The molecule has 0 saturated heterocycles. The van der Waals surface area contributed by atoms with Gasteiger partial charge in [0.15, 0.2) is 6.04 Å². The number of amides is 1. The third-order valence-electron chi connectivity index (χ3n) is 3.42. The number of rotatable bonds is 10. The highest BCUT2D eigenvalue weighted by Gasteiger charge is 2.22. The second kappa shape index (κ2) is 8.33. The van der Waals surface area contributed by atoms with Gasteiger partial charge in [-0.05, 0) is 43.0 Å². The molecule has 1 unspecified atom stereocenters. The number of carbonyl (C=O) groups excluding carboxylic acids is 1. The van der Waals surface area contributed by atoms with Gasteiger partial charge in [-0.15, -0.1) is 6.58 Å². The summed E-state index contributed by atoms with van der Waals surface area (Å²) in [5, 5.41) is 11.5. The van der Waals surface area contributed by atoms with Gasteiger partial charge in [0.05, 0.1) is 19.8 Å². The van der Waals surface area contributed by atoms with Crippen molar-refractivity contribution in [2.45, 2.75) is 18.9 Å². The van der Waals surface area contributed by atoms with Gasteiger partial charge in [0.1, 0.15) is 5.75 Å². The molecule has 124 valence electrons. The van der Waals surface area contributed by atoms with Crippen molar-refractivity contribution in [2.24, 2.45) is 5.92 Å². The normalized spacial score (nSPS) is 14.8. The van der Waals surface area contributed by atoms with Gasteiger partial charge < -0.3 is 19.9 Å². The zero-order valence-corrected chi connectivity index (χ0v) is 12.9. The van der Waals surface area contributed by atoms with Crippen molar-refractivity contribution in [3.05, 3.63) is 42.5 Å². The molecule has 0 bridgehead atoms. The lowest BCUT2D eigenvalue weighted by molar-refractivity contribution is -0.140. The molecule has 0 heterocycles. The van der Waals surface area contributed by atoms with Crippen LogP contribution in [0.4, 0.5) is 0 Å². The van der Waals surface area contributed by atoms with E-state index in [1.807, 2.05) is 0 Å². The standard InChI is InChI=1S/C17H21NO5/c1-2-9-22-11-15(17(20)21)18-16(19)13-5-7-14(8-6-13)23-10-12-3-4-12/h2,5-8,12,15H,1,3-4,9-11H2,(H,18,19)(H,20,21). The average molecular weight is 319 g/mol. The summed E-state index contributed by atoms with van der Waals surface area (Å²) in [6.45, 7) is 4.29. The third-order valence-corrected chi connectivity index (χ3v) is 3.42. The molecule has 0 spiro atoms. The Labute approximate surface area is 135 Å². The Morgan fingerprint density at radius 2 is 2.04 bits per heavy atom. The van der Waals surface area contributed by atoms with E-state index in [0.29, 0.717) is 23.8 Å². The van der Waals surface area contributed by atoms with E-state index in [2.05, 4.69) is 11.9 Å². The second-order valence-corrected chi connectivity index (χ2v) is 5.47. The molecule has 1 aliphatic carbocycles. The number of hydrogen-bond acceptors (Lipinski definition) is 4. The molecule has 2 N–H and O–H groups in total. The predicted molar refractivity (Wildman–Crippen MR) is 84.6 cm³/mol. The van der Waals surface area contributed by atoms with Crippen molar-refractivity contribution < 1.29 is 24.2 Å². The largest absolute Gasteiger partial charge is 0.493 e. The van der Waals surface area contributed by atoms with E-state index in [-0.39, 0.29) is 13.2 Å². The SMILES string of the molecule is C=CCOCC(NC(=O)c1ccc(OCC2CC2)cc1)C(=O)O. The molecule has 6 nitrogen and oxygen atoms in total. The van der Waals surface area contributed by atoms with Crippen molar-refractivity contribution in [2.75, 3.05) is 19.8 Å². The van der Waals surface area contributed by atoms with Crippen LogP contribution in [0.25, 0.3) is 0 Å². The second-order valence-electron chi connectivity index (χ2n) is 5.47. The Morgan fingerprint density at radius 1 is 1.35 bits per heavy atom. The molecule has 0 aromatic heterocycles. The predicted octanol–water partition coefficient (Wildman–Crippen LogP) is 1.86. The van der Waals surface area contributed by atoms with E-state index in [1.165, 1.54) is 18.9 Å². The molecular formula is C17H21NO5. The van der Waals surface area contributed by atoms with Crippen molar-refractivity contribution >= 4 is 11.9 Å². The highest BCUT2D eigenvalue weighted by atomic mass is 16.5. The minimum absolute atomic E-state index is 0.115. The zero-order chi connectivity index (χ0) is 16.7. The van der Waals surface area contributed by atoms with Gasteiger partial charge in [-0.2, -0.15) is 0 Å². The number of carboxylic acids is 1. The van der Waals surface area contributed by atoms with Crippen LogP contribution in [0.1, 0.15) is 23.2 Å². The minimum atomic E-state index is -1.15. The van der Waals surface area contributed by atoms with Gasteiger partial charge in [0, 0.05) is 5.56 Å². The van der Waals surface area contributed by atoms with Crippen molar-refractivity contribution in [3.63, 3.8) is 0 Å². The molecule has 1 atom stereocenters. The summed E-state index contributed by atoms with van der Waals surface area (Å²) >= 11 is 0. The fraction of sp³-hybridized carbons (Fsp3) is 0.412. The summed E-state index contributed by atoms with van der Waals surface area (Å²) in [6.07, 6.45) is 3.94. The number of aliphatic carboxylic acids is 1. The number of ether oxygens (including phenoxy) is 2. The molecule has 2 rings (SSSR count). The van der Waals surface area contributed by atoms with Crippen LogP contribution in [-0.2, 0) is 9.53 Å². The Morgan fingerprint density at radius 3 is 2.61 bits per heavy atom. The lowest BCUT2D eigenvalue weighted by Crippen LogP contribution is -2.44. The molecule has 23 heavy (non-hydrogen) atoms. The van der Waals surface area contributed by atoms with Crippen LogP contribution in [0.3, 0.4) is 0 Å². The summed E-state index contributed by atoms with van der Waals surface area (Å²) < 4.78 is 10.7. The maximum atomic E-state index is 12.1. The van der Waals surface area contributed by atoms with Crippen molar-refractivity contribution in [1.29, 1.82) is 0 Å².